The van der Waals surface area contributed by atoms with Crippen LogP contribution in [0.25, 0.3) is 0 Å². The summed E-state index contributed by atoms with van der Waals surface area (Å²) in [6.07, 6.45) is 5.97. The summed E-state index contributed by atoms with van der Waals surface area (Å²) in [7, 11) is 0. The van der Waals surface area contributed by atoms with Crippen molar-refractivity contribution in [2.24, 2.45) is 11.7 Å². The molecule has 1 aromatic rings. The standard InChI is InChI=1S/C14H25N3O2/c1-4-6-7-11(5-2)8-16-13(18)12-9-19-14(17-12)10(3)15/h9-11H,4-8,15H2,1-3H3,(H,16,18). The highest BCUT2D eigenvalue weighted by atomic mass is 16.3. The first-order valence-corrected chi connectivity index (χ1v) is 7.07. The Kier molecular flexibility index (Phi) is 6.56. The fourth-order valence-electron chi connectivity index (χ4n) is 1.87. The molecule has 0 aliphatic rings. The van der Waals surface area contributed by atoms with Crippen molar-refractivity contribution >= 4 is 5.91 Å². The molecule has 0 saturated heterocycles. The fourth-order valence-corrected chi connectivity index (χ4v) is 1.87. The molecule has 0 fully saturated rings. The predicted octanol–water partition coefficient (Wildman–Crippen LogP) is 2.64. The molecule has 0 radical (unpaired) electrons. The van der Waals surface area contributed by atoms with Crippen LogP contribution in [0.4, 0.5) is 0 Å². The van der Waals surface area contributed by atoms with Crippen LogP contribution >= 0.6 is 0 Å². The number of rotatable bonds is 8. The summed E-state index contributed by atoms with van der Waals surface area (Å²) in [4.78, 5) is 16.0. The van der Waals surface area contributed by atoms with Crippen LogP contribution in [0.5, 0.6) is 0 Å². The van der Waals surface area contributed by atoms with Crippen molar-refractivity contribution in [2.75, 3.05) is 6.54 Å². The topological polar surface area (TPSA) is 81.2 Å². The number of oxazole rings is 1. The molecule has 2 atom stereocenters. The molecule has 1 aromatic heterocycles. The minimum atomic E-state index is -0.297. The van der Waals surface area contributed by atoms with Gasteiger partial charge in [0.15, 0.2) is 5.69 Å². The van der Waals surface area contributed by atoms with Gasteiger partial charge in [-0.25, -0.2) is 4.98 Å². The first-order valence-electron chi connectivity index (χ1n) is 7.07. The van der Waals surface area contributed by atoms with Gasteiger partial charge < -0.3 is 15.5 Å². The second kappa shape index (κ2) is 7.94. The minimum Gasteiger partial charge on any atom is -0.446 e. The average molecular weight is 267 g/mol. The van der Waals surface area contributed by atoms with E-state index in [1.807, 2.05) is 0 Å². The first-order chi connectivity index (χ1) is 9.08. The molecular weight excluding hydrogens is 242 g/mol. The maximum atomic E-state index is 11.9. The summed E-state index contributed by atoms with van der Waals surface area (Å²) in [5.74, 6) is 0.734. The number of unbranched alkanes of at least 4 members (excludes halogenated alkanes) is 1. The second-order valence-electron chi connectivity index (χ2n) is 4.99. The van der Waals surface area contributed by atoms with Crippen molar-refractivity contribution < 1.29 is 9.21 Å². The highest BCUT2D eigenvalue weighted by Crippen LogP contribution is 2.12. The molecule has 0 aliphatic heterocycles. The van der Waals surface area contributed by atoms with Crippen LogP contribution in [0.15, 0.2) is 10.7 Å². The van der Waals surface area contributed by atoms with Crippen molar-refractivity contribution in [3.8, 4) is 0 Å². The Morgan fingerprint density at radius 2 is 2.26 bits per heavy atom. The van der Waals surface area contributed by atoms with Crippen LogP contribution in [-0.4, -0.2) is 17.4 Å². The lowest BCUT2D eigenvalue weighted by atomic mass is 9.99. The maximum Gasteiger partial charge on any atom is 0.273 e. The van der Waals surface area contributed by atoms with Gasteiger partial charge in [-0.15, -0.1) is 0 Å². The fraction of sp³-hybridized carbons (Fsp3) is 0.714. The molecular formula is C14H25N3O2. The Labute approximate surface area is 115 Å². The summed E-state index contributed by atoms with van der Waals surface area (Å²) in [5.41, 5.74) is 5.94. The number of nitrogens with one attached hydrogen (secondary N) is 1. The first kappa shape index (κ1) is 15.7. The molecule has 3 N–H and O–H groups in total. The Hall–Kier alpha value is -1.36. The molecule has 0 aromatic carbocycles. The van der Waals surface area contributed by atoms with Gasteiger partial charge in [-0.3, -0.25) is 4.79 Å². The Morgan fingerprint density at radius 1 is 1.53 bits per heavy atom. The molecule has 5 nitrogen and oxygen atoms in total. The summed E-state index contributed by atoms with van der Waals surface area (Å²) in [6.45, 7) is 6.79. The maximum absolute atomic E-state index is 11.9. The monoisotopic (exact) mass is 267 g/mol. The van der Waals surface area contributed by atoms with Gasteiger partial charge >= 0.3 is 0 Å². The van der Waals surface area contributed by atoms with E-state index in [4.69, 9.17) is 10.2 Å². The lowest BCUT2D eigenvalue weighted by Crippen LogP contribution is -2.29. The minimum absolute atomic E-state index is 0.189. The molecule has 1 amide bonds. The third-order valence-corrected chi connectivity index (χ3v) is 3.24. The van der Waals surface area contributed by atoms with Crippen LogP contribution in [-0.2, 0) is 0 Å². The molecule has 0 spiro atoms. The van der Waals surface area contributed by atoms with Crippen molar-refractivity contribution in [3.05, 3.63) is 17.8 Å². The molecule has 0 aliphatic carbocycles. The zero-order valence-electron chi connectivity index (χ0n) is 12.1. The normalized spacial score (nSPS) is 14.1. The number of carbonyl (C=O) groups excluding carboxylic acids is 1. The molecule has 5 heteroatoms. The number of aromatic nitrogens is 1. The molecule has 19 heavy (non-hydrogen) atoms. The average Bonchev–Trinajstić information content (AvgIpc) is 2.88. The SMILES string of the molecule is CCCCC(CC)CNC(=O)c1coc(C(C)N)n1. The number of amides is 1. The van der Waals surface area contributed by atoms with E-state index in [1.165, 1.54) is 19.1 Å². The van der Waals surface area contributed by atoms with Gasteiger partial charge in [-0.2, -0.15) is 0 Å². The van der Waals surface area contributed by atoms with E-state index in [2.05, 4.69) is 24.1 Å². The largest absolute Gasteiger partial charge is 0.446 e. The Bertz CT molecular complexity index is 388. The van der Waals surface area contributed by atoms with Gasteiger partial charge in [0.25, 0.3) is 5.91 Å². The Balaban J connectivity index is 2.45. The van der Waals surface area contributed by atoms with E-state index in [9.17, 15) is 4.79 Å². The van der Waals surface area contributed by atoms with Crippen LogP contribution in [0.3, 0.4) is 0 Å². The third kappa shape index (κ3) is 5.03. The smallest absolute Gasteiger partial charge is 0.273 e. The molecule has 0 saturated carbocycles. The van der Waals surface area contributed by atoms with Crippen LogP contribution in [0.2, 0.25) is 0 Å². The highest BCUT2D eigenvalue weighted by Gasteiger charge is 2.15. The lowest BCUT2D eigenvalue weighted by Gasteiger charge is -2.14. The van der Waals surface area contributed by atoms with Gasteiger partial charge in [-0.05, 0) is 19.3 Å². The lowest BCUT2D eigenvalue weighted by molar-refractivity contribution is 0.0940. The van der Waals surface area contributed by atoms with E-state index in [0.29, 0.717) is 24.0 Å². The number of nitrogens with zero attached hydrogens (tertiary/aromatic N) is 1. The van der Waals surface area contributed by atoms with Crippen molar-refractivity contribution in [1.82, 2.24) is 10.3 Å². The van der Waals surface area contributed by atoms with E-state index in [1.54, 1.807) is 6.92 Å². The second-order valence-corrected chi connectivity index (χ2v) is 4.99. The van der Waals surface area contributed by atoms with Gasteiger partial charge in [0.2, 0.25) is 5.89 Å². The predicted molar refractivity (Wildman–Crippen MR) is 74.7 cm³/mol. The van der Waals surface area contributed by atoms with E-state index in [-0.39, 0.29) is 11.9 Å². The summed E-state index contributed by atoms with van der Waals surface area (Å²) >= 11 is 0. The molecule has 108 valence electrons. The number of hydrogen-bond acceptors (Lipinski definition) is 4. The van der Waals surface area contributed by atoms with Crippen LogP contribution in [0, 0.1) is 5.92 Å². The van der Waals surface area contributed by atoms with Gasteiger partial charge in [0.05, 0.1) is 6.04 Å². The summed E-state index contributed by atoms with van der Waals surface area (Å²) < 4.78 is 5.15. The van der Waals surface area contributed by atoms with E-state index >= 15 is 0 Å². The number of nitrogens with two attached hydrogens (primary N) is 1. The zero-order chi connectivity index (χ0) is 14.3. The molecule has 0 bridgehead atoms. The van der Waals surface area contributed by atoms with Crippen LogP contribution in [0.1, 0.15) is 68.9 Å². The van der Waals surface area contributed by atoms with E-state index < -0.39 is 0 Å². The Morgan fingerprint density at radius 3 is 2.79 bits per heavy atom. The number of carbonyl (C=O) groups is 1. The highest BCUT2D eigenvalue weighted by molar-refractivity contribution is 5.91. The van der Waals surface area contributed by atoms with Gasteiger partial charge in [-0.1, -0.05) is 33.1 Å². The van der Waals surface area contributed by atoms with E-state index in [0.717, 1.165) is 12.8 Å². The van der Waals surface area contributed by atoms with Crippen molar-refractivity contribution in [1.29, 1.82) is 0 Å². The number of hydrogen-bond donors (Lipinski definition) is 2. The quantitative estimate of drug-likeness (QED) is 0.758. The molecule has 1 rings (SSSR count). The zero-order valence-corrected chi connectivity index (χ0v) is 12.1. The van der Waals surface area contributed by atoms with Crippen molar-refractivity contribution in [2.45, 2.75) is 52.5 Å². The summed E-state index contributed by atoms with van der Waals surface area (Å²) in [6, 6.07) is -0.297. The molecule has 1 heterocycles. The van der Waals surface area contributed by atoms with Gasteiger partial charge in [0, 0.05) is 6.54 Å². The van der Waals surface area contributed by atoms with Crippen LogP contribution < -0.4 is 11.1 Å². The summed E-state index contributed by atoms with van der Waals surface area (Å²) in [5, 5.41) is 2.91. The third-order valence-electron chi connectivity index (χ3n) is 3.24. The van der Waals surface area contributed by atoms with Crippen molar-refractivity contribution in [3.63, 3.8) is 0 Å². The van der Waals surface area contributed by atoms with Gasteiger partial charge in [0.1, 0.15) is 6.26 Å². The molecule has 2 unspecified atom stereocenters.